The maximum atomic E-state index is 12.0. The van der Waals surface area contributed by atoms with E-state index in [1.165, 1.54) is 37.0 Å². The number of amides is 1. The average molecular weight is 270 g/mol. The van der Waals surface area contributed by atoms with Crippen LogP contribution in [-0.4, -0.2) is 23.5 Å². The van der Waals surface area contributed by atoms with Gasteiger partial charge in [-0.2, -0.15) is 11.8 Å². The van der Waals surface area contributed by atoms with Gasteiger partial charge in [0.05, 0.1) is 5.69 Å². The molecule has 1 amide bonds. The van der Waals surface area contributed by atoms with Crippen LogP contribution in [0.2, 0.25) is 0 Å². The zero-order chi connectivity index (χ0) is 12.3. The molecule has 1 aromatic rings. The van der Waals surface area contributed by atoms with E-state index in [9.17, 15) is 4.79 Å². The molecule has 0 atom stereocenters. The Labute approximate surface area is 110 Å². The first-order valence-electron chi connectivity index (χ1n) is 5.83. The van der Waals surface area contributed by atoms with Gasteiger partial charge in [0.2, 0.25) is 0 Å². The van der Waals surface area contributed by atoms with Crippen LogP contribution in [0.25, 0.3) is 0 Å². The third-order valence-electron chi connectivity index (χ3n) is 3.42. The summed E-state index contributed by atoms with van der Waals surface area (Å²) in [5.41, 5.74) is 6.32. The number of nitrogens with two attached hydrogens (primary N) is 1. The highest BCUT2D eigenvalue weighted by molar-refractivity contribution is 8.00. The molecule has 0 bridgehead atoms. The predicted octanol–water partition coefficient (Wildman–Crippen LogP) is 2.74. The quantitative estimate of drug-likeness (QED) is 0.884. The summed E-state index contributed by atoms with van der Waals surface area (Å²) in [5, 5.41) is 4.88. The lowest BCUT2D eigenvalue weighted by Crippen LogP contribution is -2.38. The van der Waals surface area contributed by atoms with Crippen molar-refractivity contribution in [3.8, 4) is 0 Å². The molecule has 1 aromatic heterocycles. The number of carbonyl (C=O) groups is 1. The molecule has 1 saturated carbocycles. The number of carbonyl (C=O) groups excluding carboxylic acids is 1. The van der Waals surface area contributed by atoms with E-state index < -0.39 is 0 Å². The third kappa shape index (κ3) is 2.77. The fourth-order valence-electron chi connectivity index (χ4n) is 2.30. The van der Waals surface area contributed by atoms with Crippen LogP contribution in [0.15, 0.2) is 11.4 Å². The van der Waals surface area contributed by atoms with Crippen LogP contribution in [0.4, 0.5) is 5.69 Å². The molecule has 1 fully saturated rings. The molecule has 5 heteroatoms. The van der Waals surface area contributed by atoms with E-state index in [2.05, 4.69) is 11.6 Å². The van der Waals surface area contributed by atoms with Gasteiger partial charge in [-0.25, -0.2) is 0 Å². The number of rotatable bonds is 4. The minimum atomic E-state index is -0.0298. The smallest absolute Gasteiger partial charge is 0.263 e. The normalized spacial score (nSPS) is 18.2. The van der Waals surface area contributed by atoms with Gasteiger partial charge in [0.1, 0.15) is 4.88 Å². The van der Waals surface area contributed by atoms with E-state index in [0.717, 1.165) is 6.54 Å². The lowest BCUT2D eigenvalue weighted by atomic mass is 10.1. The van der Waals surface area contributed by atoms with Gasteiger partial charge in [-0.1, -0.05) is 12.8 Å². The molecular formula is C12H18N2OS2. The maximum absolute atomic E-state index is 12.0. The van der Waals surface area contributed by atoms with Crippen molar-refractivity contribution in [3.05, 3.63) is 16.3 Å². The number of nitrogens with one attached hydrogen (secondary N) is 1. The Hall–Kier alpha value is -0.680. The maximum Gasteiger partial charge on any atom is 0.263 e. The summed E-state index contributed by atoms with van der Waals surface area (Å²) < 4.78 is 0.252. The van der Waals surface area contributed by atoms with E-state index in [1.54, 1.807) is 6.07 Å². The fourth-order valence-corrected chi connectivity index (χ4v) is 3.95. The highest BCUT2D eigenvalue weighted by Crippen LogP contribution is 2.39. The monoisotopic (exact) mass is 270 g/mol. The molecule has 1 aliphatic carbocycles. The lowest BCUT2D eigenvalue weighted by Gasteiger charge is -2.26. The van der Waals surface area contributed by atoms with Crippen LogP contribution in [-0.2, 0) is 0 Å². The lowest BCUT2D eigenvalue weighted by molar-refractivity contribution is 0.0954. The highest BCUT2D eigenvalue weighted by atomic mass is 32.2. The van der Waals surface area contributed by atoms with Crippen molar-refractivity contribution >= 4 is 34.7 Å². The Kier molecular flexibility index (Phi) is 3.99. The van der Waals surface area contributed by atoms with Gasteiger partial charge < -0.3 is 11.1 Å². The van der Waals surface area contributed by atoms with Crippen LogP contribution in [0.1, 0.15) is 35.4 Å². The van der Waals surface area contributed by atoms with Crippen LogP contribution in [0.3, 0.4) is 0 Å². The average Bonchev–Trinajstić information content (AvgIpc) is 2.95. The molecule has 0 unspecified atom stereocenters. The van der Waals surface area contributed by atoms with E-state index >= 15 is 0 Å². The Morgan fingerprint density at radius 2 is 2.29 bits per heavy atom. The second-order valence-corrected chi connectivity index (χ2v) is 6.67. The number of hydrogen-bond acceptors (Lipinski definition) is 4. The molecule has 0 saturated heterocycles. The van der Waals surface area contributed by atoms with Crippen molar-refractivity contribution in [3.63, 3.8) is 0 Å². The second kappa shape index (κ2) is 5.31. The summed E-state index contributed by atoms with van der Waals surface area (Å²) in [7, 11) is 0. The van der Waals surface area contributed by atoms with Crippen LogP contribution in [0.5, 0.6) is 0 Å². The highest BCUT2D eigenvalue weighted by Gasteiger charge is 2.33. The summed E-state index contributed by atoms with van der Waals surface area (Å²) in [6, 6.07) is 1.78. The molecule has 0 aliphatic heterocycles. The molecule has 0 radical (unpaired) electrons. The van der Waals surface area contributed by atoms with Crippen LogP contribution >= 0.6 is 23.1 Å². The molecule has 17 heavy (non-hydrogen) atoms. The molecule has 3 nitrogen and oxygen atoms in total. The van der Waals surface area contributed by atoms with Gasteiger partial charge in [0, 0.05) is 11.3 Å². The first-order valence-corrected chi connectivity index (χ1v) is 7.94. The molecule has 0 spiro atoms. The SMILES string of the molecule is CSC1(CNC(=O)c2sccc2N)CCCC1. The van der Waals surface area contributed by atoms with Gasteiger partial charge in [0.25, 0.3) is 5.91 Å². The Bertz CT molecular complexity index is 397. The zero-order valence-corrected chi connectivity index (χ0v) is 11.6. The second-order valence-electron chi connectivity index (χ2n) is 4.48. The number of anilines is 1. The van der Waals surface area contributed by atoms with E-state index in [1.807, 2.05) is 17.1 Å². The van der Waals surface area contributed by atoms with Crippen molar-refractivity contribution in [2.45, 2.75) is 30.4 Å². The largest absolute Gasteiger partial charge is 0.397 e. The van der Waals surface area contributed by atoms with Crippen molar-refractivity contribution < 1.29 is 4.79 Å². The van der Waals surface area contributed by atoms with Gasteiger partial charge in [-0.3, -0.25) is 4.79 Å². The molecule has 94 valence electrons. The van der Waals surface area contributed by atoms with Crippen LogP contribution < -0.4 is 11.1 Å². The summed E-state index contributed by atoms with van der Waals surface area (Å²) in [5.74, 6) is -0.0298. The minimum Gasteiger partial charge on any atom is -0.397 e. The molecule has 0 aromatic carbocycles. The predicted molar refractivity (Wildman–Crippen MR) is 75.8 cm³/mol. The summed E-state index contributed by atoms with van der Waals surface area (Å²) >= 11 is 3.28. The third-order valence-corrected chi connectivity index (χ3v) is 5.77. The molecular weight excluding hydrogens is 252 g/mol. The Morgan fingerprint density at radius 1 is 1.59 bits per heavy atom. The van der Waals surface area contributed by atoms with Crippen LogP contribution in [0, 0.1) is 0 Å². The van der Waals surface area contributed by atoms with Gasteiger partial charge >= 0.3 is 0 Å². The zero-order valence-electron chi connectivity index (χ0n) is 9.99. The number of hydrogen-bond donors (Lipinski definition) is 2. The Morgan fingerprint density at radius 3 is 2.82 bits per heavy atom. The van der Waals surface area contributed by atoms with E-state index in [4.69, 9.17) is 5.73 Å². The summed E-state index contributed by atoms with van der Waals surface area (Å²) in [4.78, 5) is 12.6. The fraction of sp³-hybridized carbons (Fsp3) is 0.583. The summed E-state index contributed by atoms with van der Waals surface area (Å²) in [6.45, 7) is 0.754. The Balaban J connectivity index is 1.94. The molecule has 3 N–H and O–H groups in total. The topological polar surface area (TPSA) is 55.1 Å². The first-order chi connectivity index (χ1) is 8.17. The molecule has 1 aliphatic rings. The van der Waals surface area contributed by atoms with Gasteiger partial charge in [0.15, 0.2) is 0 Å². The van der Waals surface area contributed by atoms with Crippen molar-refractivity contribution in [1.29, 1.82) is 0 Å². The molecule has 1 heterocycles. The van der Waals surface area contributed by atoms with Crippen molar-refractivity contribution in [2.75, 3.05) is 18.5 Å². The number of thiophene rings is 1. The van der Waals surface area contributed by atoms with Crippen molar-refractivity contribution in [2.24, 2.45) is 0 Å². The molecule has 2 rings (SSSR count). The summed E-state index contributed by atoms with van der Waals surface area (Å²) in [6.07, 6.45) is 7.09. The minimum absolute atomic E-state index is 0.0298. The number of thioether (sulfide) groups is 1. The van der Waals surface area contributed by atoms with E-state index in [0.29, 0.717) is 10.6 Å². The number of nitrogen functional groups attached to an aromatic ring is 1. The van der Waals surface area contributed by atoms with Gasteiger partial charge in [-0.15, -0.1) is 11.3 Å². The standard InChI is InChI=1S/C12H18N2OS2/c1-16-12(5-2-3-6-12)8-14-11(15)10-9(13)4-7-17-10/h4,7H,2-3,5-6,8,13H2,1H3,(H,14,15). The van der Waals surface area contributed by atoms with Gasteiger partial charge in [-0.05, 0) is 30.5 Å². The van der Waals surface area contributed by atoms with Crippen molar-refractivity contribution in [1.82, 2.24) is 5.32 Å². The van der Waals surface area contributed by atoms with E-state index in [-0.39, 0.29) is 10.7 Å². The first kappa shape index (κ1) is 12.8.